The lowest BCUT2D eigenvalue weighted by atomic mass is 9.94. The van der Waals surface area contributed by atoms with Crippen molar-refractivity contribution in [1.29, 1.82) is 5.26 Å². The second kappa shape index (κ2) is 10.0. The first-order chi connectivity index (χ1) is 15.4. The number of amides is 2. The van der Waals surface area contributed by atoms with E-state index < -0.39 is 11.8 Å². The van der Waals surface area contributed by atoms with Crippen molar-refractivity contribution in [2.24, 2.45) is 0 Å². The van der Waals surface area contributed by atoms with E-state index in [0.717, 1.165) is 10.5 Å². The Balaban J connectivity index is 1.90. The van der Waals surface area contributed by atoms with Crippen LogP contribution in [-0.4, -0.2) is 42.3 Å². The summed E-state index contributed by atoms with van der Waals surface area (Å²) in [5.74, 6) is -0.0875. The minimum Gasteiger partial charge on any atom is -0.457 e. The lowest BCUT2D eigenvalue weighted by Gasteiger charge is -2.27. The zero-order valence-corrected chi connectivity index (χ0v) is 18.3. The van der Waals surface area contributed by atoms with Gasteiger partial charge < -0.3 is 9.15 Å². The van der Waals surface area contributed by atoms with Gasteiger partial charge in [-0.05, 0) is 51.0 Å². The highest BCUT2D eigenvalue weighted by molar-refractivity contribution is 6.19. The van der Waals surface area contributed by atoms with Gasteiger partial charge in [0.15, 0.2) is 5.78 Å². The maximum atomic E-state index is 13.0. The summed E-state index contributed by atoms with van der Waals surface area (Å²) in [5.41, 5.74) is 1.90. The van der Waals surface area contributed by atoms with Crippen molar-refractivity contribution in [3.63, 3.8) is 0 Å². The van der Waals surface area contributed by atoms with Crippen LogP contribution in [0.15, 0.2) is 57.5 Å². The fourth-order valence-corrected chi connectivity index (χ4v) is 3.40. The molecular formula is C25H24N2O5. The summed E-state index contributed by atoms with van der Waals surface area (Å²) in [5, 5.41) is 9.48. The van der Waals surface area contributed by atoms with Crippen LogP contribution >= 0.6 is 0 Å². The van der Waals surface area contributed by atoms with Crippen LogP contribution in [0.4, 0.5) is 0 Å². The van der Waals surface area contributed by atoms with Gasteiger partial charge in [0, 0.05) is 36.5 Å². The minimum absolute atomic E-state index is 0.0202. The Morgan fingerprint density at radius 2 is 1.88 bits per heavy atom. The fraction of sp³-hybridized carbons (Fsp3) is 0.280. The Hall–Kier alpha value is -3.76. The lowest BCUT2D eigenvalue weighted by Crippen LogP contribution is -2.43. The highest BCUT2D eigenvalue weighted by atomic mass is 16.5. The molecule has 0 fully saturated rings. The van der Waals surface area contributed by atoms with E-state index in [9.17, 15) is 19.6 Å². The van der Waals surface area contributed by atoms with Crippen molar-refractivity contribution >= 4 is 23.7 Å². The molecule has 1 aromatic carbocycles. The van der Waals surface area contributed by atoms with Gasteiger partial charge in [-0.3, -0.25) is 19.3 Å². The second-order valence-electron chi connectivity index (χ2n) is 7.32. The zero-order chi connectivity index (χ0) is 23.3. The monoisotopic (exact) mass is 432 g/mol. The molecule has 7 heteroatoms. The number of ketones is 1. The summed E-state index contributed by atoms with van der Waals surface area (Å²) >= 11 is 0. The molecule has 164 valence electrons. The number of Topliss-reactive ketones (excluding diaryl/α,β-unsaturated/α-hetero) is 1. The second-order valence-corrected chi connectivity index (χ2v) is 7.32. The molecule has 0 unspecified atom stereocenters. The number of hydrogen-bond acceptors (Lipinski definition) is 6. The van der Waals surface area contributed by atoms with Crippen LogP contribution in [0.3, 0.4) is 0 Å². The average molecular weight is 432 g/mol. The normalized spacial score (nSPS) is 15.4. The number of benzene rings is 1. The van der Waals surface area contributed by atoms with E-state index in [1.54, 1.807) is 49.4 Å². The average Bonchev–Trinajstić information content (AvgIpc) is 3.25. The molecule has 1 aliphatic rings. The topological polar surface area (TPSA) is 101 Å². The van der Waals surface area contributed by atoms with Gasteiger partial charge in [0.25, 0.3) is 11.8 Å². The van der Waals surface area contributed by atoms with Gasteiger partial charge in [-0.15, -0.1) is 0 Å². The van der Waals surface area contributed by atoms with Crippen LogP contribution in [0, 0.1) is 11.3 Å². The molecule has 0 bridgehead atoms. The summed E-state index contributed by atoms with van der Waals surface area (Å²) < 4.78 is 11.2. The van der Waals surface area contributed by atoms with Gasteiger partial charge in [-0.25, -0.2) is 0 Å². The Morgan fingerprint density at radius 3 is 2.50 bits per heavy atom. The lowest BCUT2D eigenvalue weighted by molar-refractivity contribution is -0.140. The molecule has 2 amide bonds. The molecule has 1 aliphatic heterocycles. The van der Waals surface area contributed by atoms with Crippen LogP contribution in [0.25, 0.3) is 17.4 Å². The third kappa shape index (κ3) is 4.76. The first-order valence-electron chi connectivity index (χ1n) is 10.4. The van der Waals surface area contributed by atoms with Crippen LogP contribution in [0.2, 0.25) is 0 Å². The van der Waals surface area contributed by atoms with Gasteiger partial charge in [-0.1, -0.05) is 24.3 Å². The molecule has 0 N–H and O–H groups in total. The molecule has 7 nitrogen and oxygen atoms in total. The Labute approximate surface area is 186 Å². The van der Waals surface area contributed by atoms with Crippen LogP contribution < -0.4 is 0 Å². The van der Waals surface area contributed by atoms with Crippen molar-refractivity contribution in [2.45, 2.75) is 27.2 Å². The fourth-order valence-electron chi connectivity index (χ4n) is 3.40. The van der Waals surface area contributed by atoms with E-state index in [1.165, 1.54) is 6.92 Å². The third-order valence-electron chi connectivity index (χ3n) is 5.19. The molecule has 2 aromatic rings. The van der Waals surface area contributed by atoms with Gasteiger partial charge >= 0.3 is 0 Å². The molecule has 2 heterocycles. The number of furan rings is 1. The number of nitrogens with zero attached hydrogens (tertiary/aromatic N) is 2. The Bertz CT molecular complexity index is 1150. The summed E-state index contributed by atoms with van der Waals surface area (Å²) in [6, 6.07) is 12.4. The van der Waals surface area contributed by atoms with Crippen molar-refractivity contribution in [3.8, 4) is 17.4 Å². The summed E-state index contributed by atoms with van der Waals surface area (Å²) in [7, 11) is 0. The number of ether oxygens (including phenoxy) is 1. The summed E-state index contributed by atoms with van der Waals surface area (Å²) in [4.78, 5) is 38.2. The molecule has 0 saturated heterocycles. The Morgan fingerprint density at radius 1 is 1.16 bits per heavy atom. The van der Waals surface area contributed by atoms with E-state index in [4.69, 9.17) is 9.15 Å². The molecule has 0 radical (unpaired) electrons. The van der Waals surface area contributed by atoms with Gasteiger partial charge in [0.2, 0.25) is 0 Å². The molecular weight excluding hydrogens is 408 g/mol. The van der Waals surface area contributed by atoms with Crippen molar-refractivity contribution in [2.75, 3.05) is 19.8 Å². The van der Waals surface area contributed by atoms with Crippen molar-refractivity contribution in [1.82, 2.24) is 4.90 Å². The maximum Gasteiger partial charge on any atom is 0.271 e. The molecule has 1 aromatic heterocycles. The molecule has 0 spiro atoms. The quantitative estimate of drug-likeness (QED) is 0.269. The SMILES string of the molecule is CCOCCCN1C(=O)C(C#N)=C(C)/C(=C\c2ccc(-c3ccc(C(C)=O)cc3)o2)C1=O. The zero-order valence-electron chi connectivity index (χ0n) is 18.3. The highest BCUT2D eigenvalue weighted by Crippen LogP contribution is 2.29. The third-order valence-corrected chi connectivity index (χ3v) is 5.19. The predicted octanol–water partition coefficient (Wildman–Crippen LogP) is 4.17. The first kappa shape index (κ1) is 22.9. The van der Waals surface area contributed by atoms with Gasteiger partial charge in [-0.2, -0.15) is 5.26 Å². The van der Waals surface area contributed by atoms with E-state index in [1.807, 2.05) is 13.0 Å². The number of rotatable bonds is 8. The summed E-state index contributed by atoms with van der Waals surface area (Å²) in [6.07, 6.45) is 2.03. The maximum absolute atomic E-state index is 13.0. The number of hydrogen-bond donors (Lipinski definition) is 0. The minimum atomic E-state index is -0.589. The summed E-state index contributed by atoms with van der Waals surface area (Å²) in [6.45, 7) is 6.09. The van der Waals surface area contributed by atoms with Crippen LogP contribution in [0.1, 0.15) is 43.3 Å². The standard InChI is InChI=1S/C25H24N2O5/c1-4-31-13-5-12-27-24(29)21(16(2)22(15-26)25(27)30)14-20-10-11-23(32-20)19-8-6-18(7-9-19)17(3)28/h6-11,14H,4-5,12-13H2,1-3H3/b21-14+. The van der Waals surface area contributed by atoms with Gasteiger partial charge in [0.05, 0.1) is 0 Å². The molecule has 3 rings (SSSR count). The first-order valence-corrected chi connectivity index (χ1v) is 10.4. The van der Waals surface area contributed by atoms with Crippen LogP contribution in [0.5, 0.6) is 0 Å². The van der Waals surface area contributed by atoms with E-state index in [2.05, 4.69) is 0 Å². The number of carbonyl (C=O) groups is 3. The molecule has 0 aliphatic carbocycles. The number of nitriles is 1. The van der Waals surface area contributed by atoms with E-state index >= 15 is 0 Å². The van der Waals surface area contributed by atoms with E-state index in [-0.39, 0.29) is 23.5 Å². The van der Waals surface area contributed by atoms with Crippen molar-refractivity contribution < 1.29 is 23.5 Å². The number of imide groups is 1. The van der Waals surface area contributed by atoms with E-state index in [0.29, 0.717) is 42.3 Å². The Kier molecular flexibility index (Phi) is 7.18. The smallest absolute Gasteiger partial charge is 0.271 e. The molecule has 0 atom stereocenters. The predicted molar refractivity (Wildman–Crippen MR) is 118 cm³/mol. The largest absolute Gasteiger partial charge is 0.457 e. The van der Waals surface area contributed by atoms with Crippen LogP contribution in [-0.2, 0) is 14.3 Å². The van der Waals surface area contributed by atoms with Gasteiger partial charge in [0.1, 0.15) is 23.2 Å². The molecule has 0 saturated carbocycles. The van der Waals surface area contributed by atoms with Crippen molar-refractivity contribution in [3.05, 3.63) is 64.4 Å². The highest BCUT2D eigenvalue weighted by Gasteiger charge is 2.35. The number of carbonyl (C=O) groups excluding carboxylic acids is 3. The molecule has 32 heavy (non-hydrogen) atoms.